The first-order valence-electron chi connectivity index (χ1n) is 4.84. The topological polar surface area (TPSA) is 38.9 Å². The molecule has 2 atom stereocenters. The highest BCUT2D eigenvalue weighted by atomic mass is 14.7. The average molecular weight is 178 g/mol. The maximum Gasteiger partial charge on any atom is 0.0478 e. The lowest BCUT2D eigenvalue weighted by molar-refractivity contribution is 0.537. The zero-order valence-electron chi connectivity index (χ0n) is 8.62. The van der Waals surface area contributed by atoms with Crippen LogP contribution in [0, 0.1) is 6.92 Å². The van der Waals surface area contributed by atoms with Crippen LogP contribution >= 0.6 is 0 Å². The predicted molar refractivity (Wildman–Crippen MR) is 55.7 cm³/mol. The fraction of sp³-hybridized carbons (Fsp3) is 0.545. The summed E-state index contributed by atoms with van der Waals surface area (Å²) < 4.78 is 0. The lowest BCUT2D eigenvalue weighted by atomic mass is 9.92. The van der Waals surface area contributed by atoms with E-state index in [2.05, 4.69) is 24.9 Å². The van der Waals surface area contributed by atoms with Crippen LogP contribution < -0.4 is 5.73 Å². The smallest absolute Gasteiger partial charge is 0.0478 e. The van der Waals surface area contributed by atoms with Crippen LogP contribution in [0.5, 0.6) is 0 Å². The molecule has 0 bridgehead atoms. The van der Waals surface area contributed by atoms with E-state index in [9.17, 15) is 0 Å². The SMILES string of the molecule is CCC(c1ncccc1C)C(C)N. The second-order valence-electron chi connectivity index (χ2n) is 3.58. The third-order valence-electron chi connectivity index (χ3n) is 2.48. The number of hydrogen-bond acceptors (Lipinski definition) is 2. The molecule has 1 aromatic rings. The molecule has 2 nitrogen and oxygen atoms in total. The zero-order chi connectivity index (χ0) is 9.84. The largest absolute Gasteiger partial charge is 0.327 e. The number of hydrogen-bond donors (Lipinski definition) is 1. The summed E-state index contributed by atoms with van der Waals surface area (Å²) in [7, 11) is 0. The van der Waals surface area contributed by atoms with Gasteiger partial charge in [0.15, 0.2) is 0 Å². The Balaban J connectivity index is 2.97. The molecule has 0 aromatic carbocycles. The van der Waals surface area contributed by atoms with E-state index in [1.165, 1.54) is 5.56 Å². The van der Waals surface area contributed by atoms with Crippen LogP contribution in [0.2, 0.25) is 0 Å². The number of aromatic nitrogens is 1. The summed E-state index contributed by atoms with van der Waals surface area (Å²) in [5.41, 5.74) is 8.30. The highest BCUT2D eigenvalue weighted by molar-refractivity contribution is 5.22. The van der Waals surface area contributed by atoms with E-state index in [-0.39, 0.29) is 6.04 Å². The predicted octanol–water partition coefficient (Wildman–Crippen LogP) is 2.23. The standard InChI is InChI=1S/C11H18N2/c1-4-10(9(3)12)11-8(2)6-5-7-13-11/h5-7,9-10H,4,12H2,1-3H3. The Morgan fingerprint density at radius 3 is 2.69 bits per heavy atom. The van der Waals surface area contributed by atoms with E-state index in [1.54, 1.807) is 0 Å². The highest BCUT2D eigenvalue weighted by Crippen LogP contribution is 2.22. The van der Waals surface area contributed by atoms with Crippen LogP contribution in [0.15, 0.2) is 18.3 Å². The summed E-state index contributed by atoms with van der Waals surface area (Å²) in [5.74, 6) is 0.390. The van der Waals surface area contributed by atoms with Crippen molar-refractivity contribution in [1.29, 1.82) is 0 Å². The summed E-state index contributed by atoms with van der Waals surface area (Å²) in [4.78, 5) is 4.39. The number of rotatable bonds is 3. The normalized spacial score (nSPS) is 15.4. The first kappa shape index (κ1) is 10.2. The minimum absolute atomic E-state index is 0.179. The minimum Gasteiger partial charge on any atom is -0.327 e. The minimum atomic E-state index is 0.179. The van der Waals surface area contributed by atoms with E-state index in [0.29, 0.717) is 5.92 Å². The van der Waals surface area contributed by atoms with Crippen molar-refractivity contribution in [2.45, 2.75) is 39.2 Å². The molecule has 0 saturated heterocycles. The quantitative estimate of drug-likeness (QED) is 0.771. The van der Waals surface area contributed by atoms with E-state index < -0.39 is 0 Å². The first-order chi connectivity index (χ1) is 6.16. The molecule has 0 aliphatic carbocycles. The number of nitrogens with zero attached hydrogens (tertiary/aromatic N) is 1. The van der Waals surface area contributed by atoms with Crippen LogP contribution in [0.1, 0.15) is 37.4 Å². The van der Waals surface area contributed by atoms with Crippen LogP contribution in [0.3, 0.4) is 0 Å². The van der Waals surface area contributed by atoms with E-state index in [4.69, 9.17) is 5.73 Å². The lowest BCUT2D eigenvalue weighted by Crippen LogP contribution is -2.25. The van der Waals surface area contributed by atoms with Crippen LogP contribution in [0.4, 0.5) is 0 Å². The Hall–Kier alpha value is -0.890. The lowest BCUT2D eigenvalue weighted by Gasteiger charge is -2.19. The molecule has 0 spiro atoms. The Morgan fingerprint density at radius 1 is 1.54 bits per heavy atom. The second kappa shape index (κ2) is 4.38. The van der Waals surface area contributed by atoms with Crippen molar-refractivity contribution in [3.8, 4) is 0 Å². The van der Waals surface area contributed by atoms with Gasteiger partial charge < -0.3 is 5.73 Å². The van der Waals surface area contributed by atoms with E-state index in [1.807, 2.05) is 19.2 Å². The molecule has 0 fully saturated rings. The fourth-order valence-electron chi connectivity index (χ4n) is 1.70. The van der Waals surface area contributed by atoms with Crippen molar-refractivity contribution in [3.63, 3.8) is 0 Å². The van der Waals surface area contributed by atoms with Gasteiger partial charge in [-0.3, -0.25) is 4.98 Å². The molecule has 0 radical (unpaired) electrons. The summed E-state index contributed by atoms with van der Waals surface area (Å²) >= 11 is 0. The highest BCUT2D eigenvalue weighted by Gasteiger charge is 2.16. The summed E-state index contributed by atoms with van der Waals surface area (Å²) in [6.07, 6.45) is 2.89. The molecule has 2 unspecified atom stereocenters. The third kappa shape index (κ3) is 2.28. The van der Waals surface area contributed by atoms with Crippen LogP contribution in [-0.4, -0.2) is 11.0 Å². The number of nitrogens with two attached hydrogens (primary N) is 1. The molecule has 72 valence electrons. The molecule has 2 heteroatoms. The maximum atomic E-state index is 5.91. The Kier molecular flexibility index (Phi) is 3.43. The number of pyridine rings is 1. The van der Waals surface area contributed by atoms with Gasteiger partial charge in [0, 0.05) is 23.9 Å². The zero-order valence-corrected chi connectivity index (χ0v) is 8.62. The van der Waals surface area contributed by atoms with Gasteiger partial charge in [-0.25, -0.2) is 0 Å². The van der Waals surface area contributed by atoms with Crippen molar-refractivity contribution >= 4 is 0 Å². The molecule has 13 heavy (non-hydrogen) atoms. The summed E-state index contributed by atoms with van der Waals surface area (Å²) in [6.45, 7) is 6.29. The maximum absolute atomic E-state index is 5.91. The molecule has 0 saturated carbocycles. The fourth-order valence-corrected chi connectivity index (χ4v) is 1.70. The molecule has 1 heterocycles. The van der Waals surface area contributed by atoms with Crippen molar-refractivity contribution in [2.75, 3.05) is 0 Å². The first-order valence-corrected chi connectivity index (χ1v) is 4.84. The Bertz CT molecular complexity index is 269. The molecule has 0 amide bonds. The molecular weight excluding hydrogens is 160 g/mol. The second-order valence-corrected chi connectivity index (χ2v) is 3.58. The van der Waals surface area contributed by atoms with E-state index in [0.717, 1.165) is 12.1 Å². The monoisotopic (exact) mass is 178 g/mol. The summed E-state index contributed by atoms with van der Waals surface area (Å²) in [5, 5.41) is 0. The number of aryl methyl sites for hydroxylation is 1. The van der Waals surface area contributed by atoms with Gasteiger partial charge >= 0.3 is 0 Å². The van der Waals surface area contributed by atoms with Gasteiger partial charge in [-0.15, -0.1) is 0 Å². The van der Waals surface area contributed by atoms with Crippen molar-refractivity contribution in [2.24, 2.45) is 5.73 Å². The van der Waals surface area contributed by atoms with Gasteiger partial charge in [-0.2, -0.15) is 0 Å². The van der Waals surface area contributed by atoms with Gasteiger partial charge in [0.25, 0.3) is 0 Å². The molecule has 0 aliphatic heterocycles. The van der Waals surface area contributed by atoms with E-state index >= 15 is 0 Å². The van der Waals surface area contributed by atoms with Gasteiger partial charge in [0.1, 0.15) is 0 Å². The molecule has 0 aliphatic rings. The molecule has 1 aromatic heterocycles. The van der Waals surface area contributed by atoms with Gasteiger partial charge in [-0.05, 0) is 31.9 Å². The Labute approximate surface area is 80.2 Å². The van der Waals surface area contributed by atoms with Gasteiger partial charge in [0.2, 0.25) is 0 Å². The van der Waals surface area contributed by atoms with Crippen LogP contribution in [-0.2, 0) is 0 Å². The van der Waals surface area contributed by atoms with Crippen molar-refractivity contribution < 1.29 is 0 Å². The van der Waals surface area contributed by atoms with Crippen molar-refractivity contribution in [1.82, 2.24) is 4.98 Å². The average Bonchev–Trinajstić information content (AvgIpc) is 2.09. The molecule has 2 N–H and O–H groups in total. The summed E-state index contributed by atoms with van der Waals surface area (Å²) in [6, 6.07) is 4.23. The third-order valence-corrected chi connectivity index (χ3v) is 2.48. The molecule has 1 rings (SSSR count). The van der Waals surface area contributed by atoms with Gasteiger partial charge in [0.05, 0.1) is 0 Å². The Morgan fingerprint density at radius 2 is 2.23 bits per heavy atom. The van der Waals surface area contributed by atoms with Gasteiger partial charge in [-0.1, -0.05) is 13.0 Å². The van der Waals surface area contributed by atoms with Crippen molar-refractivity contribution in [3.05, 3.63) is 29.6 Å². The molecular formula is C11H18N2. The van der Waals surface area contributed by atoms with Crippen LogP contribution in [0.25, 0.3) is 0 Å².